The summed E-state index contributed by atoms with van der Waals surface area (Å²) in [6, 6.07) is 3.67. The minimum atomic E-state index is -0.125. The fourth-order valence-corrected chi connectivity index (χ4v) is 2.61. The third-order valence-electron chi connectivity index (χ3n) is 3.19. The molecule has 102 valence electrons. The molecule has 19 heavy (non-hydrogen) atoms. The largest absolute Gasteiger partial charge is 0.292 e. The van der Waals surface area contributed by atoms with E-state index in [1.54, 1.807) is 17.0 Å². The highest BCUT2D eigenvalue weighted by Crippen LogP contribution is 2.42. The summed E-state index contributed by atoms with van der Waals surface area (Å²) in [7, 11) is 0. The zero-order valence-corrected chi connectivity index (χ0v) is 12.4. The number of halogens is 1. The Hall–Kier alpha value is -1.35. The van der Waals surface area contributed by atoms with E-state index in [-0.39, 0.29) is 17.2 Å². The molecular formula is C15H19ClN2O. The van der Waals surface area contributed by atoms with Gasteiger partial charge in [-0.3, -0.25) is 9.69 Å². The predicted octanol–water partition coefficient (Wildman–Crippen LogP) is 3.79. The van der Waals surface area contributed by atoms with Crippen LogP contribution in [0.25, 0.3) is 0 Å². The Morgan fingerprint density at radius 2 is 2.16 bits per heavy atom. The van der Waals surface area contributed by atoms with Gasteiger partial charge in [0.2, 0.25) is 5.91 Å². The molecule has 0 saturated carbocycles. The second kappa shape index (κ2) is 4.97. The summed E-state index contributed by atoms with van der Waals surface area (Å²) in [5.74, 6) is 0.658. The molecule has 3 nitrogen and oxygen atoms in total. The number of amides is 1. The lowest BCUT2D eigenvalue weighted by Gasteiger charge is -2.22. The van der Waals surface area contributed by atoms with Crippen LogP contribution in [0.3, 0.4) is 0 Å². The standard InChI is InChI=1S/C15H19ClN2O/c1-5-8-18-13-10(6-7-12(16)17-13)11(14(18)19)9-15(2,3)4/h5-7,11H,1,8-9H2,2-4H3. The topological polar surface area (TPSA) is 33.2 Å². The highest BCUT2D eigenvalue weighted by Gasteiger charge is 2.39. The first-order valence-corrected chi connectivity index (χ1v) is 6.80. The van der Waals surface area contributed by atoms with Crippen molar-refractivity contribution in [2.75, 3.05) is 11.4 Å². The quantitative estimate of drug-likeness (QED) is 0.623. The molecule has 1 aliphatic heterocycles. The number of hydrogen-bond acceptors (Lipinski definition) is 2. The van der Waals surface area contributed by atoms with Crippen molar-refractivity contribution in [3.05, 3.63) is 35.5 Å². The molecule has 4 heteroatoms. The van der Waals surface area contributed by atoms with Crippen molar-refractivity contribution in [1.82, 2.24) is 4.98 Å². The van der Waals surface area contributed by atoms with Gasteiger partial charge in [0.15, 0.2) is 0 Å². The van der Waals surface area contributed by atoms with Crippen LogP contribution >= 0.6 is 11.6 Å². The monoisotopic (exact) mass is 278 g/mol. The van der Waals surface area contributed by atoms with Crippen molar-refractivity contribution < 1.29 is 4.79 Å². The van der Waals surface area contributed by atoms with Gasteiger partial charge in [-0.05, 0) is 17.9 Å². The van der Waals surface area contributed by atoms with Crippen LogP contribution in [-0.2, 0) is 4.79 Å². The number of rotatable bonds is 3. The van der Waals surface area contributed by atoms with Gasteiger partial charge in [0.1, 0.15) is 11.0 Å². The molecule has 1 unspecified atom stereocenters. The van der Waals surface area contributed by atoms with E-state index in [0.29, 0.717) is 17.5 Å². The third-order valence-corrected chi connectivity index (χ3v) is 3.41. The summed E-state index contributed by atoms with van der Waals surface area (Å²) in [6.07, 6.45) is 2.51. The second-order valence-corrected chi connectivity index (χ2v) is 6.49. The van der Waals surface area contributed by atoms with Crippen LogP contribution in [-0.4, -0.2) is 17.4 Å². The SMILES string of the molecule is C=CCN1C(=O)C(CC(C)(C)C)c2ccc(Cl)nc21. The molecule has 0 saturated heterocycles. The van der Waals surface area contributed by atoms with Gasteiger partial charge in [0.25, 0.3) is 0 Å². The van der Waals surface area contributed by atoms with E-state index in [0.717, 1.165) is 12.0 Å². The Bertz CT molecular complexity index is 519. The van der Waals surface area contributed by atoms with Gasteiger partial charge in [-0.2, -0.15) is 0 Å². The van der Waals surface area contributed by atoms with E-state index in [4.69, 9.17) is 11.6 Å². The predicted molar refractivity (Wildman–Crippen MR) is 78.6 cm³/mol. The van der Waals surface area contributed by atoms with Gasteiger partial charge in [-0.15, -0.1) is 6.58 Å². The summed E-state index contributed by atoms with van der Waals surface area (Å²) in [4.78, 5) is 18.5. The molecule has 0 radical (unpaired) electrons. The number of carbonyl (C=O) groups is 1. The maximum absolute atomic E-state index is 12.5. The van der Waals surface area contributed by atoms with Crippen LogP contribution < -0.4 is 4.90 Å². The average Bonchev–Trinajstić information content (AvgIpc) is 2.53. The van der Waals surface area contributed by atoms with E-state index in [2.05, 4.69) is 32.3 Å². The minimum Gasteiger partial charge on any atom is -0.292 e. The highest BCUT2D eigenvalue weighted by atomic mass is 35.5. The smallest absolute Gasteiger partial charge is 0.236 e. The Labute approximate surface area is 119 Å². The normalized spacial score (nSPS) is 18.6. The third kappa shape index (κ3) is 2.81. The number of pyridine rings is 1. The van der Waals surface area contributed by atoms with E-state index in [1.807, 2.05) is 6.07 Å². The fourth-order valence-electron chi connectivity index (χ4n) is 2.46. The average molecular weight is 279 g/mol. The number of carbonyl (C=O) groups excluding carboxylic acids is 1. The molecule has 0 N–H and O–H groups in total. The Balaban J connectivity index is 2.43. The van der Waals surface area contributed by atoms with Crippen molar-refractivity contribution in [1.29, 1.82) is 0 Å². The van der Waals surface area contributed by atoms with Crippen LogP contribution in [0.15, 0.2) is 24.8 Å². The first kappa shape index (κ1) is 14.1. The summed E-state index contributed by atoms with van der Waals surface area (Å²) in [5.41, 5.74) is 1.06. The lowest BCUT2D eigenvalue weighted by atomic mass is 9.82. The highest BCUT2D eigenvalue weighted by molar-refractivity contribution is 6.29. The van der Waals surface area contributed by atoms with E-state index < -0.39 is 0 Å². The van der Waals surface area contributed by atoms with Gasteiger partial charge < -0.3 is 0 Å². The number of fused-ring (bicyclic) bond motifs is 1. The molecule has 1 aromatic rings. The zero-order chi connectivity index (χ0) is 14.2. The van der Waals surface area contributed by atoms with Crippen LogP contribution in [0.1, 0.15) is 38.7 Å². The number of anilines is 1. The van der Waals surface area contributed by atoms with Crippen molar-refractivity contribution in [2.24, 2.45) is 5.41 Å². The molecule has 2 rings (SSSR count). The molecule has 1 aliphatic rings. The molecule has 2 heterocycles. The maximum atomic E-state index is 12.5. The fraction of sp³-hybridized carbons (Fsp3) is 0.467. The molecule has 0 aliphatic carbocycles. The van der Waals surface area contributed by atoms with Gasteiger partial charge in [0, 0.05) is 12.1 Å². The van der Waals surface area contributed by atoms with E-state index >= 15 is 0 Å². The van der Waals surface area contributed by atoms with E-state index in [9.17, 15) is 4.79 Å². The maximum Gasteiger partial charge on any atom is 0.236 e. The molecule has 1 amide bonds. The molecule has 1 atom stereocenters. The molecule has 0 spiro atoms. The molecule has 0 bridgehead atoms. The second-order valence-electron chi connectivity index (χ2n) is 6.10. The van der Waals surface area contributed by atoms with Gasteiger partial charge in [-0.25, -0.2) is 4.98 Å². The summed E-state index contributed by atoms with van der Waals surface area (Å²) >= 11 is 5.94. The van der Waals surface area contributed by atoms with Crippen LogP contribution in [0.2, 0.25) is 5.15 Å². The summed E-state index contributed by atoms with van der Waals surface area (Å²) in [5, 5.41) is 0.414. The van der Waals surface area contributed by atoms with Crippen molar-refractivity contribution >= 4 is 23.3 Å². The summed E-state index contributed by atoms with van der Waals surface area (Å²) in [6.45, 7) is 10.6. The first-order valence-electron chi connectivity index (χ1n) is 6.42. The van der Waals surface area contributed by atoms with Crippen molar-refractivity contribution in [3.8, 4) is 0 Å². The van der Waals surface area contributed by atoms with Gasteiger partial charge >= 0.3 is 0 Å². The first-order chi connectivity index (χ1) is 8.83. The number of hydrogen-bond donors (Lipinski definition) is 0. The van der Waals surface area contributed by atoms with E-state index in [1.165, 1.54) is 0 Å². The van der Waals surface area contributed by atoms with Crippen LogP contribution in [0, 0.1) is 5.41 Å². The van der Waals surface area contributed by atoms with Crippen LogP contribution in [0.4, 0.5) is 5.82 Å². The molecular weight excluding hydrogens is 260 g/mol. The van der Waals surface area contributed by atoms with Crippen LogP contribution in [0.5, 0.6) is 0 Å². The number of aromatic nitrogens is 1. The molecule has 0 fully saturated rings. The Kier molecular flexibility index (Phi) is 3.68. The zero-order valence-electron chi connectivity index (χ0n) is 11.6. The molecule has 1 aromatic heterocycles. The lowest BCUT2D eigenvalue weighted by Crippen LogP contribution is -2.30. The summed E-state index contributed by atoms with van der Waals surface area (Å²) < 4.78 is 0. The lowest BCUT2D eigenvalue weighted by molar-refractivity contribution is -0.119. The minimum absolute atomic E-state index is 0.0847. The van der Waals surface area contributed by atoms with Crippen molar-refractivity contribution in [3.63, 3.8) is 0 Å². The Morgan fingerprint density at radius 3 is 2.74 bits per heavy atom. The Morgan fingerprint density at radius 1 is 1.47 bits per heavy atom. The van der Waals surface area contributed by atoms with Crippen molar-refractivity contribution in [2.45, 2.75) is 33.1 Å². The number of nitrogens with zero attached hydrogens (tertiary/aromatic N) is 2. The van der Waals surface area contributed by atoms with Gasteiger partial charge in [0.05, 0.1) is 5.92 Å². The van der Waals surface area contributed by atoms with Gasteiger partial charge in [-0.1, -0.05) is 44.5 Å². The molecule has 0 aromatic carbocycles.